The van der Waals surface area contributed by atoms with Gasteiger partial charge in [0, 0.05) is 32.0 Å². The van der Waals surface area contributed by atoms with Gasteiger partial charge in [-0.25, -0.2) is 14.6 Å². The number of pyridine rings is 1. The Hall–Kier alpha value is -3.61. The van der Waals surface area contributed by atoms with Crippen LogP contribution in [0, 0.1) is 5.92 Å². The molecule has 0 spiro atoms. The van der Waals surface area contributed by atoms with Gasteiger partial charge in [-0.15, -0.1) is 0 Å². The van der Waals surface area contributed by atoms with Crippen LogP contribution in [0.1, 0.15) is 78.8 Å². The molecule has 4 rings (SSSR count). The third-order valence-electron chi connectivity index (χ3n) is 5.87. The van der Waals surface area contributed by atoms with Crippen LogP contribution in [0.15, 0.2) is 48.8 Å². The summed E-state index contributed by atoms with van der Waals surface area (Å²) >= 11 is 0. The first-order chi connectivity index (χ1) is 16.2. The maximum absolute atomic E-state index is 12.7. The van der Waals surface area contributed by atoms with Crippen molar-refractivity contribution in [1.82, 2.24) is 24.3 Å². The largest absolute Gasteiger partial charge is 0.331 e. The van der Waals surface area contributed by atoms with Crippen molar-refractivity contribution in [2.75, 3.05) is 0 Å². The normalized spacial score (nSPS) is 11.6. The van der Waals surface area contributed by atoms with E-state index in [9.17, 15) is 9.59 Å². The SMILES string of the molecule is CC(C)CC(=O)c1cccc(C(=O)CCc2cnn(-c3ccc4nc(C(C)C)n(C)c4c3)c2)n1. The molecule has 176 valence electrons. The van der Waals surface area contributed by atoms with Crippen molar-refractivity contribution >= 4 is 22.6 Å². The van der Waals surface area contributed by atoms with Gasteiger partial charge in [0.2, 0.25) is 0 Å². The summed E-state index contributed by atoms with van der Waals surface area (Å²) in [6.07, 6.45) is 5.02. The van der Waals surface area contributed by atoms with Crippen LogP contribution in [0.25, 0.3) is 16.7 Å². The second-order valence-corrected chi connectivity index (χ2v) is 9.50. The van der Waals surface area contributed by atoms with E-state index in [2.05, 4.69) is 34.6 Å². The second kappa shape index (κ2) is 9.71. The zero-order chi connectivity index (χ0) is 24.4. The molecule has 0 aliphatic rings. The van der Waals surface area contributed by atoms with E-state index in [1.165, 1.54) is 0 Å². The van der Waals surface area contributed by atoms with E-state index in [-0.39, 0.29) is 17.5 Å². The maximum Gasteiger partial charge on any atom is 0.181 e. The summed E-state index contributed by atoms with van der Waals surface area (Å²) in [5.74, 6) is 1.54. The third-order valence-corrected chi connectivity index (χ3v) is 5.87. The Morgan fingerprint density at radius 3 is 2.41 bits per heavy atom. The lowest BCUT2D eigenvalue weighted by atomic mass is 10.0. The molecule has 0 atom stereocenters. The number of imidazole rings is 1. The summed E-state index contributed by atoms with van der Waals surface area (Å²) in [6, 6.07) is 11.2. The van der Waals surface area contributed by atoms with E-state index < -0.39 is 0 Å². The molecule has 0 saturated heterocycles. The summed E-state index contributed by atoms with van der Waals surface area (Å²) < 4.78 is 3.95. The van der Waals surface area contributed by atoms with Crippen molar-refractivity contribution in [3.05, 3.63) is 71.6 Å². The Balaban J connectivity index is 1.45. The molecule has 0 saturated carbocycles. The smallest absolute Gasteiger partial charge is 0.181 e. The van der Waals surface area contributed by atoms with E-state index in [0.29, 0.717) is 36.6 Å². The van der Waals surface area contributed by atoms with Crippen molar-refractivity contribution in [2.45, 2.75) is 52.9 Å². The molecule has 0 amide bonds. The van der Waals surface area contributed by atoms with E-state index in [1.807, 2.05) is 43.9 Å². The highest BCUT2D eigenvalue weighted by molar-refractivity contribution is 5.98. The molecule has 34 heavy (non-hydrogen) atoms. The number of aromatic nitrogens is 5. The number of carbonyl (C=O) groups is 2. The van der Waals surface area contributed by atoms with Crippen LogP contribution in [0.5, 0.6) is 0 Å². The van der Waals surface area contributed by atoms with E-state index in [1.54, 1.807) is 24.4 Å². The minimum Gasteiger partial charge on any atom is -0.331 e. The first-order valence-corrected chi connectivity index (χ1v) is 11.8. The fraction of sp³-hybridized carbons (Fsp3) is 0.370. The number of aryl methyl sites for hydroxylation is 2. The molecule has 0 unspecified atom stereocenters. The second-order valence-electron chi connectivity index (χ2n) is 9.50. The van der Waals surface area contributed by atoms with Crippen LogP contribution in [0.4, 0.5) is 0 Å². The predicted molar refractivity (Wildman–Crippen MR) is 133 cm³/mol. The van der Waals surface area contributed by atoms with Gasteiger partial charge < -0.3 is 4.57 Å². The molecule has 0 radical (unpaired) electrons. The molecule has 7 nitrogen and oxygen atoms in total. The number of nitrogens with zero attached hydrogens (tertiary/aromatic N) is 5. The van der Waals surface area contributed by atoms with Gasteiger partial charge in [0.1, 0.15) is 17.2 Å². The topological polar surface area (TPSA) is 82.7 Å². The number of fused-ring (bicyclic) bond motifs is 1. The molecule has 1 aromatic carbocycles. The van der Waals surface area contributed by atoms with Gasteiger partial charge in [-0.2, -0.15) is 5.10 Å². The fourth-order valence-corrected chi connectivity index (χ4v) is 4.09. The van der Waals surface area contributed by atoms with E-state index in [0.717, 1.165) is 28.1 Å². The van der Waals surface area contributed by atoms with Crippen molar-refractivity contribution in [3.8, 4) is 5.69 Å². The van der Waals surface area contributed by atoms with Gasteiger partial charge in [-0.3, -0.25) is 9.59 Å². The maximum atomic E-state index is 12.7. The van der Waals surface area contributed by atoms with Gasteiger partial charge in [-0.05, 0) is 48.2 Å². The zero-order valence-electron chi connectivity index (χ0n) is 20.4. The average Bonchev–Trinajstić information content (AvgIpc) is 3.41. The lowest BCUT2D eigenvalue weighted by Crippen LogP contribution is -2.10. The van der Waals surface area contributed by atoms with Crippen LogP contribution >= 0.6 is 0 Å². The molecule has 0 N–H and O–H groups in total. The zero-order valence-corrected chi connectivity index (χ0v) is 20.4. The lowest BCUT2D eigenvalue weighted by molar-refractivity contribution is 0.0962. The number of rotatable bonds is 9. The molecule has 0 bridgehead atoms. The molecule has 0 fully saturated rings. The molecule has 0 aliphatic carbocycles. The lowest BCUT2D eigenvalue weighted by Gasteiger charge is -2.06. The van der Waals surface area contributed by atoms with Crippen LogP contribution < -0.4 is 0 Å². The molecule has 0 aliphatic heterocycles. The highest BCUT2D eigenvalue weighted by atomic mass is 16.1. The van der Waals surface area contributed by atoms with Crippen molar-refractivity contribution in [3.63, 3.8) is 0 Å². The molecule has 3 heterocycles. The van der Waals surface area contributed by atoms with Gasteiger partial charge in [-0.1, -0.05) is 33.8 Å². The number of benzene rings is 1. The highest BCUT2D eigenvalue weighted by Gasteiger charge is 2.15. The standard InChI is InChI=1S/C27H31N5O2/c1-17(2)13-26(34)23-8-6-7-22(29-23)25(33)12-9-19-15-28-32(16-19)20-10-11-21-24(14-20)31(5)27(30-21)18(3)4/h6-8,10-11,14-18H,9,12-13H2,1-5H3. The minimum atomic E-state index is -0.0792. The van der Waals surface area contributed by atoms with E-state index >= 15 is 0 Å². The number of hydrogen-bond donors (Lipinski definition) is 0. The number of hydrogen-bond acceptors (Lipinski definition) is 5. The van der Waals surface area contributed by atoms with Crippen molar-refractivity contribution in [1.29, 1.82) is 0 Å². The Morgan fingerprint density at radius 2 is 1.71 bits per heavy atom. The third kappa shape index (κ3) is 4.98. The van der Waals surface area contributed by atoms with Crippen LogP contribution in [-0.4, -0.2) is 35.9 Å². The predicted octanol–water partition coefficient (Wildman–Crippen LogP) is 5.32. The van der Waals surface area contributed by atoms with Crippen LogP contribution in [0.3, 0.4) is 0 Å². The molecule has 4 aromatic rings. The van der Waals surface area contributed by atoms with Crippen molar-refractivity contribution < 1.29 is 9.59 Å². The summed E-state index contributed by atoms with van der Waals surface area (Å²) in [6.45, 7) is 8.26. The van der Waals surface area contributed by atoms with E-state index in [4.69, 9.17) is 4.98 Å². The van der Waals surface area contributed by atoms with Gasteiger partial charge in [0.05, 0.1) is 22.9 Å². The van der Waals surface area contributed by atoms with Gasteiger partial charge >= 0.3 is 0 Å². The minimum absolute atomic E-state index is 0.0307. The number of carbonyl (C=O) groups excluding carboxylic acids is 2. The first kappa shape index (κ1) is 23.5. The molecular formula is C27H31N5O2. The molecule has 3 aromatic heterocycles. The summed E-state index contributed by atoms with van der Waals surface area (Å²) in [5, 5.41) is 4.50. The van der Waals surface area contributed by atoms with Crippen LogP contribution in [0.2, 0.25) is 0 Å². The highest BCUT2D eigenvalue weighted by Crippen LogP contribution is 2.23. The Bertz CT molecular complexity index is 1350. The Labute approximate surface area is 199 Å². The fourth-order valence-electron chi connectivity index (χ4n) is 4.09. The van der Waals surface area contributed by atoms with Crippen LogP contribution in [-0.2, 0) is 13.5 Å². The number of ketones is 2. The van der Waals surface area contributed by atoms with Gasteiger partial charge in [0.15, 0.2) is 11.6 Å². The first-order valence-electron chi connectivity index (χ1n) is 11.8. The summed E-state index contributed by atoms with van der Waals surface area (Å²) in [5.41, 5.74) is 4.64. The molecular weight excluding hydrogens is 426 g/mol. The summed E-state index contributed by atoms with van der Waals surface area (Å²) in [7, 11) is 2.04. The Kier molecular flexibility index (Phi) is 6.72. The Morgan fingerprint density at radius 1 is 0.971 bits per heavy atom. The monoisotopic (exact) mass is 457 g/mol. The van der Waals surface area contributed by atoms with Gasteiger partial charge in [0.25, 0.3) is 0 Å². The molecule has 7 heteroatoms. The summed E-state index contributed by atoms with van der Waals surface area (Å²) in [4.78, 5) is 34.1. The van der Waals surface area contributed by atoms with Crippen molar-refractivity contribution in [2.24, 2.45) is 13.0 Å². The number of Topliss-reactive ketones (excluding diaryl/α,β-unsaturated/α-hetero) is 2. The quantitative estimate of drug-likeness (QED) is 0.318. The average molecular weight is 458 g/mol.